The predicted molar refractivity (Wildman–Crippen MR) is 159 cm³/mol. The molecule has 1 saturated heterocycles. The summed E-state index contributed by atoms with van der Waals surface area (Å²) in [6.07, 6.45) is 5.94. The number of benzene rings is 2. The minimum absolute atomic E-state index is 0.0717. The van der Waals surface area contributed by atoms with Gasteiger partial charge in [-0.3, -0.25) is 4.79 Å². The van der Waals surface area contributed by atoms with Crippen LogP contribution in [0.15, 0.2) is 47.4 Å². The Morgan fingerprint density at radius 1 is 1.02 bits per heavy atom. The maximum Gasteiger partial charge on any atom is 0.247 e. The van der Waals surface area contributed by atoms with Crippen LogP contribution in [0.5, 0.6) is 11.5 Å². The standard InChI is InChI=1S/C31H44FN3O6S/c1-34(2)31(22-8-12-24(32)13-9-22)23-10-14-25(15-11-23)33-30(36)21-41-20-26-7-5-6-18-35(26)42(37,38)29-17-16-27(39-3)19-28(29)40-4/h8-9,12-13,16-17,19,23,25-26,31H,5-7,10-11,14-15,18,20-21H2,1-4H3,(H,33,36). The Bertz CT molecular complexity index is 1280. The zero-order valence-electron chi connectivity index (χ0n) is 25.1. The Balaban J connectivity index is 1.28. The molecule has 11 heteroatoms. The smallest absolute Gasteiger partial charge is 0.247 e. The zero-order chi connectivity index (χ0) is 30.3. The van der Waals surface area contributed by atoms with Gasteiger partial charge in [0.1, 0.15) is 28.8 Å². The van der Waals surface area contributed by atoms with Crippen LogP contribution in [0.25, 0.3) is 0 Å². The number of methoxy groups -OCH3 is 2. The third-order valence-electron chi connectivity index (χ3n) is 8.43. The van der Waals surface area contributed by atoms with Crippen LogP contribution in [0.2, 0.25) is 0 Å². The summed E-state index contributed by atoms with van der Waals surface area (Å²) >= 11 is 0. The molecule has 0 radical (unpaired) electrons. The quantitative estimate of drug-likeness (QED) is 0.384. The van der Waals surface area contributed by atoms with E-state index in [1.807, 2.05) is 26.2 Å². The van der Waals surface area contributed by atoms with Crippen molar-refractivity contribution >= 4 is 15.9 Å². The monoisotopic (exact) mass is 605 g/mol. The van der Waals surface area contributed by atoms with Crippen LogP contribution >= 0.6 is 0 Å². The normalized spacial score (nSPS) is 22.5. The summed E-state index contributed by atoms with van der Waals surface area (Å²) in [5, 5.41) is 3.10. The second-order valence-corrected chi connectivity index (χ2v) is 13.3. The van der Waals surface area contributed by atoms with Crippen LogP contribution in [0.4, 0.5) is 4.39 Å². The van der Waals surface area contributed by atoms with E-state index < -0.39 is 10.0 Å². The van der Waals surface area contributed by atoms with E-state index in [4.69, 9.17) is 14.2 Å². The van der Waals surface area contributed by atoms with Crippen LogP contribution in [-0.2, 0) is 19.6 Å². The maximum atomic E-state index is 13.6. The molecule has 1 aliphatic carbocycles. The third kappa shape index (κ3) is 7.80. The molecule has 0 spiro atoms. The first-order chi connectivity index (χ1) is 20.1. The van der Waals surface area contributed by atoms with E-state index in [1.165, 1.54) is 36.7 Å². The number of hydrogen-bond donors (Lipinski definition) is 1. The molecule has 4 rings (SSSR count). The van der Waals surface area contributed by atoms with Crippen LogP contribution < -0.4 is 14.8 Å². The molecule has 42 heavy (non-hydrogen) atoms. The lowest BCUT2D eigenvalue weighted by molar-refractivity contribution is -0.127. The lowest BCUT2D eigenvalue weighted by atomic mass is 9.78. The number of carbonyl (C=O) groups excluding carboxylic acids is 1. The first-order valence-corrected chi connectivity index (χ1v) is 16.1. The van der Waals surface area contributed by atoms with Crippen molar-refractivity contribution in [3.63, 3.8) is 0 Å². The van der Waals surface area contributed by atoms with Gasteiger partial charge >= 0.3 is 0 Å². The van der Waals surface area contributed by atoms with E-state index in [2.05, 4.69) is 10.2 Å². The van der Waals surface area contributed by atoms with E-state index in [-0.39, 0.29) is 53.7 Å². The zero-order valence-corrected chi connectivity index (χ0v) is 25.9. The van der Waals surface area contributed by atoms with Crippen molar-refractivity contribution in [2.24, 2.45) is 5.92 Å². The summed E-state index contributed by atoms with van der Waals surface area (Å²) in [6.45, 7) is 0.402. The van der Waals surface area contributed by atoms with Gasteiger partial charge in [0.05, 0.1) is 20.8 Å². The highest BCUT2D eigenvalue weighted by atomic mass is 32.2. The van der Waals surface area contributed by atoms with Gasteiger partial charge in [0.2, 0.25) is 15.9 Å². The fourth-order valence-corrected chi connectivity index (χ4v) is 8.18. The molecule has 2 atom stereocenters. The summed E-state index contributed by atoms with van der Waals surface area (Å²) < 4.78 is 58.5. The molecule has 9 nitrogen and oxygen atoms in total. The molecule has 0 aromatic heterocycles. The van der Waals surface area contributed by atoms with Gasteiger partial charge in [-0.1, -0.05) is 18.6 Å². The molecular weight excluding hydrogens is 561 g/mol. The third-order valence-corrected chi connectivity index (χ3v) is 10.4. The molecule has 1 heterocycles. The number of nitrogens with zero attached hydrogens (tertiary/aromatic N) is 2. The first kappa shape index (κ1) is 32.2. The lowest BCUT2D eigenvalue weighted by Gasteiger charge is -2.38. The Morgan fingerprint density at radius 2 is 1.74 bits per heavy atom. The molecule has 1 N–H and O–H groups in total. The van der Waals surface area contributed by atoms with Gasteiger partial charge < -0.3 is 24.4 Å². The predicted octanol–water partition coefficient (Wildman–Crippen LogP) is 4.38. The second-order valence-electron chi connectivity index (χ2n) is 11.4. The van der Waals surface area contributed by atoms with Crippen molar-refractivity contribution in [2.45, 2.75) is 68.0 Å². The van der Waals surface area contributed by atoms with Gasteiger partial charge in [0, 0.05) is 30.7 Å². The number of piperidine rings is 1. The Labute approximate surface area is 249 Å². The molecule has 1 aliphatic heterocycles. The first-order valence-electron chi connectivity index (χ1n) is 14.7. The van der Waals surface area contributed by atoms with Crippen LogP contribution in [0.1, 0.15) is 56.6 Å². The number of hydrogen-bond acceptors (Lipinski definition) is 7. The van der Waals surface area contributed by atoms with Crippen LogP contribution in [0.3, 0.4) is 0 Å². The minimum atomic E-state index is -3.84. The molecule has 2 unspecified atom stereocenters. The molecule has 0 bridgehead atoms. The van der Waals surface area contributed by atoms with E-state index in [1.54, 1.807) is 12.1 Å². The number of sulfonamides is 1. The number of nitrogens with one attached hydrogen (secondary N) is 1. The molecule has 2 aliphatic rings. The summed E-state index contributed by atoms with van der Waals surface area (Å²) in [5.41, 5.74) is 1.10. The number of amides is 1. The second kappa shape index (κ2) is 14.6. The molecule has 2 aromatic carbocycles. The molecule has 1 saturated carbocycles. The fraction of sp³-hybridized carbons (Fsp3) is 0.581. The summed E-state index contributed by atoms with van der Waals surface area (Å²) in [5.74, 6) is 0.722. The fourth-order valence-electron chi connectivity index (χ4n) is 6.36. The molecule has 232 valence electrons. The maximum absolute atomic E-state index is 13.6. The van der Waals surface area contributed by atoms with Crippen LogP contribution in [-0.4, -0.2) is 83.7 Å². The van der Waals surface area contributed by atoms with Gasteiger partial charge in [-0.15, -0.1) is 0 Å². The SMILES string of the molecule is COc1ccc(S(=O)(=O)N2CCCCC2COCC(=O)NC2CCC(C(c3ccc(F)cc3)N(C)C)CC2)c(OC)c1. The average molecular weight is 606 g/mol. The summed E-state index contributed by atoms with van der Waals surface area (Å²) in [6, 6.07) is 11.3. The average Bonchev–Trinajstić information content (AvgIpc) is 2.98. The van der Waals surface area contributed by atoms with Crippen molar-refractivity contribution in [3.8, 4) is 11.5 Å². The van der Waals surface area contributed by atoms with Crippen molar-refractivity contribution < 1.29 is 31.8 Å². The summed E-state index contributed by atoms with van der Waals surface area (Å²) in [7, 11) is 3.20. The molecule has 2 aromatic rings. The van der Waals surface area contributed by atoms with Gasteiger partial charge in [-0.05, 0) is 88.4 Å². The topological polar surface area (TPSA) is 97.4 Å². The highest BCUT2D eigenvalue weighted by Crippen LogP contribution is 2.38. The van der Waals surface area contributed by atoms with Gasteiger partial charge in [-0.2, -0.15) is 4.31 Å². The number of rotatable bonds is 12. The van der Waals surface area contributed by atoms with Gasteiger partial charge in [0.25, 0.3) is 0 Å². The van der Waals surface area contributed by atoms with Gasteiger partial charge in [0.15, 0.2) is 0 Å². The highest BCUT2D eigenvalue weighted by molar-refractivity contribution is 7.89. The van der Waals surface area contributed by atoms with Crippen molar-refractivity contribution in [2.75, 3.05) is 48.1 Å². The Morgan fingerprint density at radius 3 is 2.38 bits per heavy atom. The van der Waals surface area contributed by atoms with Gasteiger partial charge in [-0.25, -0.2) is 12.8 Å². The molecule has 1 amide bonds. The largest absolute Gasteiger partial charge is 0.497 e. The highest BCUT2D eigenvalue weighted by Gasteiger charge is 2.36. The lowest BCUT2D eigenvalue weighted by Crippen LogP contribution is -2.47. The number of halogens is 1. The van der Waals surface area contributed by atoms with E-state index in [0.29, 0.717) is 24.6 Å². The number of ether oxygens (including phenoxy) is 3. The molecule has 2 fully saturated rings. The number of carbonyl (C=O) groups is 1. The Hall–Kier alpha value is -2.73. The van der Waals surface area contributed by atoms with E-state index >= 15 is 0 Å². The minimum Gasteiger partial charge on any atom is -0.497 e. The Kier molecular flexibility index (Phi) is 11.2. The van der Waals surface area contributed by atoms with Crippen molar-refractivity contribution in [3.05, 3.63) is 53.8 Å². The van der Waals surface area contributed by atoms with E-state index in [0.717, 1.165) is 44.1 Å². The van der Waals surface area contributed by atoms with Crippen molar-refractivity contribution in [1.82, 2.24) is 14.5 Å². The molecular formula is C31H44FN3O6S. The van der Waals surface area contributed by atoms with E-state index in [9.17, 15) is 17.6 Å². The van der Waals surface area contributed by atoms with Crippen LogP contribution in [0, 0.1) is 11.7 Å². The summed E-state index contributed by atoms with van der Waals surface area (Å²) in [4.78, 5) is 15.0. The van der Waals surface area contributed by atoms with Crippen molar-refractivity contribution in [1.29, 1.82) is 0 Å².